The number of rotatable bonds is 4. The Morgan fingerprint density at radius 1 is 1.56 bits per heavy atom. The lowest BCUT2D eigenvalue weighted by atomic mass is 10.2. The van der Waals surface area contributed by atoms with E-state index in [9.17, 15) is 4.79 Å². The Morgan fingerprint density at radius 3 is 3.06 bits per heavy atom. The van der Waals surface area contributed by atoms with Crippen LogP contribution in [0.2, 0.25) is 0 Å². The summed E-state index contributed by atoms with van der Waals surface area (Å²) in [6.07, 6.45) is 2.40. The van der Waals surface area contributed by atoms with E-state index in [1.807, 2.05) is 17.5 Å². The summed E-state index contributed by atoms with van der Waals surface area (Å²) in [6, 6.07) is 3.86. The highest BCUT2D eigenvalue weighted by molar-refractivity contribution is 9.11. The number of hydrogen-bond acceptors (Lipinski definition) is 3. The first-order valence-electron chi connectivity index (χ1n) is 5.79. The largest absolute Gasteiger partial charge is 0.347 e. The average Bonchev–Trinajstić information content (AvgIpc) is 2.94. The number of aromatic nitrogens is 2. The molecule has 1 aliphatic rings. The molecular weight excluding hydrogens is 314 g/mol. The highest BCUT2D eigenvalue weighted by Gasteiger charge is 2.26. The molecule has 0 aliphatic heterocycles. The van der Waals surface area contributed by atoms with E-state index < -0.39 is 0 Å². The molecule has 2 heterocycles. The second kappa shape index (κ2) is 4.85. The van der Waals surface area contributed by atoms with Gasteiger partial charge < -0.3 is 5.32 Å². The summed E-state index contributed by atoms with van der Waals surface area (Å²) >= 11 is 5.01. The molecule has 1 saturated carbocycles. The Bertz CT molecular complexity index is 573. The molecule has 0 atom stereocenters. The molecule has 6 heteroatoms. The van der Waals surface area contributed by atoms with Crippen LogP contribution in [0.15, 0.2) is 21.3 Å². The third kappa shape index (κ3) is 2.64. The van der Waals surface area contributed by atoms with Gasteiger partial charge in [0.1, 0.15) is 5.69 Å². The third-order valence-corrected chi connectivity index (χ3v) is 4.48. The Balaban J connectivity index is 1.59. The zero-order valence-electron chi connectivity index (χ0n) is 9.57. The second-order valence-corrected chi connectivity index (χ2v) is 6.72. The molecule has 0 unspecified atom stereocenters. The van der Waals surface area contributed by atoms with Crippen LogP contribution in [0.4, 0.5) is 0 Å². The van der Waals surface area contributed by atoms with Crippen LogP contribution >= 0.6 is 27.3 Å². The van der Waals surface area contributed by atoms with Crippen molar-refractivity contribution in [2.24, 2.45) is 0 Å². The fourth-order valence-electron chi connectivity index (χ4n) is 1.77. The van der Waals surface area contributed by atoms with Crippen LogP contribution < -0.4 is 5.32 Å². The maximum Gasteiger partial charge on any atom is 0.272 e. The van der Waals surface area contributed by atoms with Gasteiger partial charge in [-0.1, -0.05) is 0 Å². The lowest BCUT2D eigenvalue weighted by Gasteiger charge is -1.99. The van der Waals surface area contributed by atoms with Gasteiger partial charge >= 0.3 is 0 Å². The maximum absolute atomic E-state index is 11.9. The summed E-state index contributed by atoms with van der Waals surface area (Å²) in [6.45, 7) is 0.534. The lowest BCUT2D eigenvalue weighted by molar-refractivity contribution is 0.0946. The van der Waals surface area contributed by atoms with E-state index in [-0.39, 0.29) is 5.91 Å². The molecule has 2 aromatic heterocycles. The molecule has 0 bridgehead atoms. The summed E-state index contributed by atoms with van der Waals surface area (Å²) in [5.74, 6) is 0.465. The minimum Gasteiger partial charge on any atom is -0.347 e. The van der Waals surface area contributed by atoms with Crippen LogP contribution in [0.3, 0.4) is 0 Å². The van der Waals surface area contributed by atoms with Crippen LogP contribution in [0, 0.1) is 0 Å². The van der Waals surface area contributed by atoms with E-state index in [0.717, 1.165) is 15.0 Å². The summed E-state index contributed by atoms with van der Waals surface area (Å²) in [5, 5.41) is 11.9. The molecule has 18 heavy (non-hydrogen) atoms. The zero-order valence-corrected chi connectivity index (χ0v) is 12.0. The van der Waals surface area contributed by atoms with Gasteiger partial charge in [0.25, 0.3) is 5.91 Å². The molecule has 94 valence electrons. The van der Waals surface area contributed by atoms with Crippen molar-refractivity contribution in [3.05, 3.63) is 38.3 Å². The second-order valence-electron chi connectivity index (χ2n) is 4.42. The quantitative estimate of drug-likeness (QED) is 0.907. The van der Waals surface area contributed by atoms with Crippen molar-refractivity contribution in [2.75, 3.05) is 0 Å². The normalized spacial score (nSPS) is 14.7. The molecule has 2 aromatic rings. The molecule has 1 aliphatic carbocycles. The Kier molecular flexibility index (Phi) is 3.22. The molecular formula is C12H12BrN3OS. The standard InChI is InChI=1S/C12H12BrN3OS/c13-11-3-7(6-18-11)5-14-12(17)10-4-9(15-16-10)8-1-2-8/h3-4,6,8H,1-2,5H2,(H,14,17)(H,15,16). The lowest BCUT2D eigenvalue weighted by Crippen LogP contribution is -2.22. The predicted molar refractivity (Wildman–Crippen MR) is 73.8 cm³/mol. The highest BCUT2D eigenvalue weighted by atomic mass is 79.9. The molecule has 3 rings (SSSR count). The summed E-state index contributed by atoms with van der Waals surface area (Å²) in [4.78, 5) is 11.9. The number of carbonyl (C=O) groups excluding carboxylic acids is 1. The minimum absolute atomic E-state index is 0.125. The van der Waals surface area contributed by atoms with Gasteiger partial charge in [-0.25, -0.2) is 0 Å². The number of thiophene rings is 1. The topological polar surface area (TPSA) is 57.8 Å². The first-order valence-corrected chi connectivity index (χ1v) is 7.46. The van der Waals surface area contributed by atoms with Gasteiger partial charge in [-0.3, -0.25) is 9.89 Å². The van der Waals surface area contributed by atoms with Crippen LogP contribution in [0.25, 0.3) is 0 Å². The van der Waals surface area contributed by atoms with E-state index in [2.05, 4.69) is 31.4 Å². The van der Waals surface area contributed by atoms with E-state index >= 15 is 0 Å². The SMILES string of the molecule is O=C(NCc1csc(Br)c1)c1cc(C2CC2)[nH]n1. The van der Waals surface area contributed by atoms with E-state index in [1.54, 1.807) is 11.3 Å². The molecule has 0 saturated heterocycles. The van der Waals surface area contributed by atoms with Crippen molar-refractivity contribution in [2.45, 2.75) is 25.3 Å². The maximum atomic E-state index is 11.9. The van der Waals surface area contributed by atoms with Crippen molar-refractivity contribution in [3.63, 3.8) is 0 Å². The van der Waals surface area contributed by atoms with Gasteiger partial charge in [0, 0.05) is 18.2 Å². The van der Waals surface area contributed by atoms with Crippen molar-refractivity contribution in [1.82, 2.24) is 15.5 Å². The summed E-state index contributed by atoms with van der Waals surface area (Å²) in [5.41, 5.74) is 2.66. The Labute approximate surface area is 117 Å². The van der Waals surface area contributed by atoms with Gasteiger partial charge in [0.15, 0.2) is 0 Å². The van der Waals surface area contributed by atoms with Gasteiger partial charge in [0.2, 0.25) is 0 Å². The fraction of sp³-hybridized carbons (Fsp3) is 0.333. The first-order chi connectivity index (χ1) is 8.72. The van der Waals surface area contributed by atoms with Gasteiger partial charge in [0.05, 0.1) is 3.79 Å². The van der Waals surface area contributed by atoms with Crippen molar-refractivity contribution in [3.8, 4) is 0 Å². The van der Waals surface area contributed by atoms with Gasteiger partial charge in [-0.2, -0.15) is 5.10 Å². The van der Waals surface area contributed by atoms with E-state index in [4.69, 9.17) is 0 Å². The predicted octanol–water partition coefficient (Wildman–Crippen LogP) is 3.04. The van der Waals surface area contributed by atoms with Gasteiger partial charge in [-0.15, -0.1) is 11.3 Å². The molecule has 0 radical (unpaired) electrons. The van der Waals surface area contributed by atoms with Crippen molar-refractivity contribution in [1.29, 1.82) is 0 Å². The molecule has 1 fully saturated rings. The number of nitrogens with one attached hydrogen (secondary N) is 2. The number of H-pyrrole nitrogens is 1. The molecule has 0 aromatic carbocycles. The van der Waals surface area contributed by atoms with Crippen molar-refractivity contribution < 1.29 is 4.79 Å². The number of carbonyl (C=O) groups is 1. The summed E-state index contributed by atoms with van der Waals surface area (Å²) in [7, 11) is 0. The molecule has 2 N–H and O–H groups in total. The number of hydrogen-bond donors (Lipinski definition) is 2. The Hall–Kier alpha value is -1.14. The average molecular weight is 326 g/mol. The van der Waals surface area contributed by atoms with Crippen LogP contribution in [-0.2, 0) is 6.54 Å². The third-order valence-electron chi connectivity index (χ3n) is 2.92. The minimum atomic E-state index is -0.125. The van der Waals surface area contributed by atoms with Crippen molar-refractivity contribution >= 4 is 33.2 Å². The van der Waals surface area contributed by atoms with Crippen LogP contribution in [0.1, 0.15) is 40.5 Å². The van der Waals surface area contributed by atoms with E-state index in [0.29, 0.717) is 18.2 Å². The number of amides is 1. The van der Waals surface area contributed by atoms with Crippen LogP contribution in [0.5, 0.6) is 0 Å². The van der Waals surface area contributed by atoms with Crippen LogP contribution in [-0.4, -0.2) is 16.1 Å². The fourth-order valence-corrected chi connectivity index (χ4v) is 2.98. The van der Waals surface area contributed by atoms with Gasteiger partial charge in [-0.05, 0) is 51.8 Å². The smallest absolute Gasteiger partial charge is 0.272 e. The number of aromatic amines is 1. The number of halogens is 1. The molecule has 0 spiro atoms. The summed E-state index contributed by atoms with van der Waals surface area (Å²) < 4.78 is 1.07. The molecule has 1 amide bonds. The van der Waals surface area contributed by atoms with E-state index in [1.165, 1.54) is 12.8 Å². The molecule has 4 nitrogen and oxygen atoms in total. The highest BCUT2D eigenvalue weighted by Crippen LogP contribution is 2.38. The monoisotopic (exact) mass is 325 g/mol. The Morgan fingerprint density at radius 2 is 2.39 bits per heavy atom. The first kappa shape index (κ1) is 11.9. The zero-order chi connectivity index (χ0) is 12.5. The number of nitrogens with zero attached hydrogens (tertiary/aromatic N) is 1.